The zero-order valence-corrected chi connectivity index (χ0v) is 16.5. The number of imidazole rings is 1. The van der Waals surface area contributed by atoms with Gasteiger partial charge in [-0.05, 0) is 46.0 Å². The molecule has 0 aromatic carbocycles. The Kier molecular flexibility index (Phi) is 6.11. The molecule has 1 amide bonds. The highest BCUT2D eigenvalue weighted by molar-refractivity contribution is 5.94. The molecule has 0 bridgehead atoms. The van der Waals surface area contributed by atoms with E-state index < -0.39 is 0 Å². The fraction of sp³-hybridized carbons (Fsp3) is 0.550. The fourth-order valence-corrected chi connectivity index (χ4v) is 3.70. The Labute approximate surface area is 160 Å². The van der Waals surface area contributed by atoms with Gasteiger partial charge in [-0.15, -0.1) is 0 Å². The first-order chi connectivity index (χ1) is 13.0. The number of hydrogen-bond donors (Lipinski definition) is 0. The van der Waals surface area contributed by atoms with E-state index in [9.17, 15) is 9.59 Å². The average molecular weight is 371 g/mol. The van der Waals surface area contributed by atoms with Crippen molar-refractivity contribution in [2.24, 2.45) is 7.05 Å². The van der Waals surface area contributed by atoms with Crippen LogP contribution >= 0.6 is 0 Å². The van der Waals surface area contributed by atoms with Crippen LogP contribution in [0.3, 0.4) is 0 Å². The minimum absolute atomic E-state index is 0.0130. The number of nitrogens with zero attached hydrogens (tertiary/aromatic N) is 5. The van der Waals surface area contributed by atoms with Gasteiger partial charge in [0.05, 0.1) is 5.56 Å². The summed E-state index contributed by atoms with van der Waals surface area (Å²) in [5.41, 5.74) is 0.454. The Bertz CT molecular complexity index is 839. The van der Waals surface area contributed by atoms with E-state index in [4.69, 9.17) is 0 Å². The summed E-state index contributed by atoms with van der Waals surface area (Å²) in [5.74, 6) is 1.32. The summed E-state index contributed by atoms with van der Waals surface area (Å²) >= 11 is 0. The second kappa shape index (κ2) is 8.52. The molecule has 2 aromatic heterocycles. The lowest BCUT2D eigenvalue weighted by Crippen LogP contribution is -2.40. The van der Waals surface area contributed by atoms with Gasteiger partial charge in [0.15, 0.2) is 0 Å². The number of aryl methyl sites for hydroxylation is 2. The number of piperidine rings is 1. The second-order valence-electron chi connectivity index (χ2n) is 7.59. The van der Waals surface area contributed by atoms with Crippen molar-refractivity contribution in [1.82, 2.24) is 23.9 Å². The minimum atomic E-state index is -0.108. The van der Waals surface area contributed by atoms with Gasteiger partial charge in [0.1, 0.15) is 5.82 Å². The molecular formula is C20H29N5O2. The number of carbonyl (C=O) groups is 1. The van der Waals surface area contributed by atoms with E-state index in [1.165, 1.54) is 10.6 Å². The van der Waals surface area contributed by atoms with Crippen LogP contribution < -0.4 is 5.56 Å². The highest BCUT2D eigenvalue weighted by Crippen LogP contribution is 2.27. The number of aromatic nitrogens is 3. The largest absolute Gasteiger partial charge is 0.338 e. The fourth-order valence-electron chi connectivity index (χ4n) is 3.70. The Hall–Kier alpha value is -2.41. The summed E-state index contributed by atoms with van der Waals surface area (Å²) in [6.07, 6.45) is 8.60. The van der Waals surface area contributed by atoms with Crippen LogP contribution in [0.1, 0.15) is 41.4 Å². The van der Waals surface area contributed by atoms with Crippen molar-refractivity contribution < 1.29 is 4.79 Å². The monoisotopic (exact) mass is 371 g/mol. The van der Waals surface area contributed by atoms with Crippen LogP contribution in [-0.4, -0.2) is 63.6 Å². The van der Waals surface area contributed by atoms with Gasteiger partial charge in [-0.1, -0.05) is 0 Å². The molecule has 0 aliphatic carbocycles. The summed E-state index contributed by atoms with van der Waals surface area (Å²) in [6.45, 7) is 3.41. The minimum Gasteiger partial charge on any atom is -0.338 e. The van der Waals surface area contributed by atoms with Crippen LogP contribution in [0, 0.1) is 0 Å². The molecule has 146 valence electrons. The molecule has 7 nitrogen and oxygen atoms in total. The van der Waals surface area contributed by atoms with Gasteiger partial charge in [-0.3, -0.25) is 9.59 Å². The van der Waals surface area contributed by atoms with Crippen LogP contribution in [0.15, 0.2) is 35.5 Å². The van der Waals surface area contributed by atoms with E-state index in [0.29, 0.717) is 12.1 Å². The smallest absolute Gasteiger partial charge is 0.255 e. The molecule has 1 unspecified atom stereocenters. The van der Waals surface area contributed by atoms with E-state index in [1.54, 1.807) is 19.3 Å². The summed E-state index contributed by atoms with van der Waals surface area (Å²) in [7, 11) is 5.83. The molecule has 0 N–H and O–H groups in total. The van der Waals surface area contributed by atoms with Gasteiger partial charge in [0.25, 0.3) is 5.91 Å². The van der Waals surface area contributed by atoms with E-state index in [2.05, 4.69) is 28.5 Å². The predicted molar refractivity (Wildman–Crippen MR) is 105 cm³/mol. The van der Waals surface area contributed by atoms with Crippen LogP contribution in [-0.2, 0) is 13.6 Å². The van der Waals surface area contributed by atoms with Gasteiger partial charge in [-0.2, -0.15) is 0 Å². The van der Waals surface area contributed by atoms with Gasteiger partial charge >= 0.3 is 0 Å². The molecule has 0 radical (unpaired) electrons. The van der Waals surface area contributed by atoms with Crippen LogP contribution in [0.4, 0.5) is 0 Å². The highest BCUT2D eigenvalue weighted by Gasteiger charge is 2.28. The van der Waals surface area contributed by atoms with Gasteiger partial charge in [0.2, 0.25) is 5.56 Å². The molecule has 1 atom stereocenters. The van der Waals surface area contributed by atoms with E-state index >= 15 is 0 Å². The van der Waals surface area contributed by atoms with Crippen LogP contribution in [0.25, 0.3) is 0 Å². The quantitative estimate of drug-likeness (QED) is 0.773. The van der Waals surface area contributed by atoms with E-state index in [-0.39, 0.29) is 17.4 Å². The lowest BCUT2D eigenvalue weighted by atomic mass is 9.96. The summed E-state index contributed by atoms with van der Waals surface area (Å²) in [6, 6.07) is 3.07. The molecule has 0 spiro atoms. The third kappa shape index (κ3) is 4.66. The van der Waals surface area contributed by atoms with Gasteiger partial charge in [-0.25, -0.2) is 4.98 Å². The van der Waals surface area contributed by atoms with Gasteiger partial charge in [0, 0.05) is 57.3 Å². The van der Waals surface area contributed by atoms with Gasteiger partial charge < -0.3 is 18.9 Å². The zero-order valence-electron chi connectivity index (χ0n) is 16.5. The first-order valence-electron chi connectivity index (χ1n) is 9.57. The summed E-state index contributed by atoms with van der Waals surface area (Å²) in [5, 5.41) is 0. The molecule has 1 saturated heterocycles. The van der Waals surface area contributed by atoms with Crippen LogP contribution in [0.5, 0.6) is 0 Å². The van der Waals surface area contributed by atoms with Crippen molar-refractivity contribution in [3.8, 4) is 0 Å². The Morgan fingerprint density at radius 2 is 2.15 bits per heavy atom. The molecular weight excluding hydrogens is 342 g/mol. The number of hydrogen-bond acceptors (Lipinski definition) is 4. The molecule has 7 heteroatoms. The molecule has 2 aromatic rings. The zero-order chi connectivity index (χ0) is 19.4. The Morgan fingerprint density at radius 1 is 1.33 bits per heavy atom. The first kappa shape index (κ1) is 19.4. The van der Waals surface area contributed by atoms with E-state index in [0.717, 1.165) is 44.7 Å². The second-order valence-corrected chi connectivity index (χ2v) is 7.59. The molecule has 3 heterocycles. The Balaban J connectivity index is 1.69. The average Bonchev–Trinajstić information content (AvgIpc) is 3.12. The third-order valence-electron chi connectivity index (χ3n) is 5.16. The number of likely N-dealkylation sites (tertiary alicyclic amines) is 1. The topological polar surface area (TPSA) is 63.4 Å². The summed E-state index contributed by atoms with van der Waals surface area (Å²) < 4.78 is 3.68. The maximum atomic E-state index is 12.9. The maximum absolute atomic E-state index is 12.9. The molecule has 1 aliphatic rings. The SMILES string of the molecule is CN(C)CCCn1ccnc1C1CCCN(C(=O)c2ccc(=O)n(C)c2)C1. The number of amides is 1. The van der Waals surface area contributed by atoms with E-state index in [1.807, 2.05) is 17.3 Å². The number of pyridine rings is 1. The standard InChI is InChI=1S/C20H29N5O2/c1-22(2)10-5-12-24-13-9-21-19(24)16-6-4-11-25(15-16)20(27)17-7-8-18(26)23(3)14-17/h7-9,13-14,16H,4-6,10-12,15H2,1-3H3. The van der Waals surface area contributed by atoms with Crippen molar-refractivity contribution >= 4 is 5.91 Å². The van der Waals surface area contributed by atoms with Crippen molar-refractivity contribution in [1.29, 1.82) is 0 Å². The highest BCUT2D eigenvalue weighted by atomic mass is 16.2. The first-order valence-corrected chi connectivity index (χ1v) is 9.57. The third-order valence-corrected chi connectivity index (χ3v) is 5.16. The van der Waals surface area contributed by atoms with Crippen LogP contribution in [0.2, 0.25) is 0 Å². The van der Waals surface area contributed by atoms with Crippen molar-refractivity contribution in [3.63, 3.8) is 0 Å². The maximum Gasteiger partial charge on any atom is 0.255 e. The molecule has 1 fully saturated rings. The molecule has 27 heavy (non-hydrogen) atoms. The predicted octanol–water partition coefficient (Wildman–Crippen LogP) is 1.55. The lowest BCUT2D eigenvalue weighted by Gasteiger charge is -2.33. The summed E-state index contributed by atoms with van der Waals surface area (Å²) in [4.78, 5) is 33.1. The molecule has 3 rings (SSSR count). The number of carbonyl (C=O) groups excluding carboxylic acids is 1. The molecule has 0 saturated carbocycles. The Morgan fingerprint density at radius 3 is 2.89 bits per heavy atom. The van der Waals surface area contributed by atoms with Crippen molar-refractivity contribution in [2.45, 2.75) is 31.7 Å². The molecule has 1 aliphatic heterocycles. The number of rotatable bonds is 6. The van der Waals surface area contributed by atoms with Crippen molar-refractivity contribution in [3.05, 3.63) is 52.5 Å². The van der Waals surface area contributed by atoms with Crippen molar-refractivity contribution in [2.75, 3.05) is 33.7 Å². The lowest BCUT2D eigenvalue weighted by molar-refractivity contribution is 0.0702. The normalized spacial score (nSPS) is 17.5.